The second kappa shape index (κ2) is 6.96. The minimum atomic E-state index is 0.0788. The molecule has 5 heteroatoms. The lowest BCUT2D eigenvalue weighted by molar-refractivity contribution is -0.127. The van der Waals surface area contributed by atoms with Gasteiger partial charge in [0.2, 0.25) is 5.91 Å². The summed E-state index contributed by atoms with van der Waals surface area (Å²) in [7, 11) is 1.81. The van der Waals surface area contributed by atoms with E-state index in [1.165, 1.54) is 11.8 Å². The van der Waals surface area contributed by atoms with E-state index in [1.54, 1.807) is 17.3 Å². The molecule has 0 aliphatic heterocycles. The maximum atomic E-state index is 12.1. The Morgan fingerprint density at radius 1 is 1.30 bits per heavy atom. The number of rotatable bonds is 5. The zero-order chi connectivity index (χ0) is 14.4. The molecular weight excluding hydrogens is 270 g/mol. The molecule has 0 atom stereocenters. The van der Waals surface area contributed by atoms with Crippen molar-refractivity contribution in [2.75, 3.05) is 18.5 Å². The summed E-state index contributed by atoms with van der Waals surface area (Å²) < 4.78 is 0. The molecule has 104 valence electrons. The molecule has 0 saturated carbocycles. The molecular formula is C15H17N3OS. The van der Waals surface area contributed by atoms with Gasteiger partial charge in [0.25, 0.3) is 0 Å². The van der Waals surface area contributed by atoms with E-state index in [2.05, 4.69) is 4.98 Å². The van der Waals surface area contributed by atoms with Crippen LogP contribution in [0.15, 0.2) is 53.7 Å². The van der Waals surface area contributed by atoms with Crippen molar-refractivity contribution in [3.05, 3.63) is 54.4 Å². The van der Waals surface area contributed by atoms with Crippen LogP contribution < -0.4 is 5.73 Å². The predicted octanol–water partition coefficient (Wildman–Crippen LogP) is 2.41. The molecule has 0 aliphatic carbocycles. The van der Waals surface area contributed by atoms with Crippen LogP contribution in [0.25, 0.3) is 0 Å². The van der Waals surface area contributed by atoms with Gasteiger partial charge in [0.05, 0.1) is 17.6 Å². The Kier molecular flexibility index (Phi) is 5.01. The van der Waals surface area contributed by atoms with Crippen molar-refractivity contribution in [2.24, 2.45) is 0 Å². The molecule has 20 heavy (non-hydrogen) atoms. The summed E-state index contributed by atoms with van der Waals surface area (Å²) in [5.41, 5.74) is 7.53. The van der Waals surface area contributed by atoms with Crippen LogP contribution >= 0.6 is 11.8 Å². The second-order valence-corrected chi connectivity index (χ2v) is 5.45. The predicted molar refractivity (Wildman–Crippen MR) is 82.3 cm³/mol. The van der Waals surface area contributed by atoms with Gasteiger partial charge in [0.1, 0.15) is 0 Å². The lowest BCUT2D eigenvalue weighted by atomic mass is 10.2. The molecule has 0 radical (unpaired) electrons. The third-order valence-corrected chi connectivity index (χ3v) is 3.92. The van der Waals surface area contributed by atoms with Gasteiger partial charge in [-0.2, -0.15) is 0 Å². The first-order chi connectivity index (χ1) is 9.66. The summed E-state index contributed by atoms with van der Waals surface area (Å²) in [5.74, 6) is 0.451. The Morgan fingerprint density at radius 3 is 2.75 bits per heavy atom. The van der Waals surface area contributed by atoms with E-state index >= 15 is 0 Å². The van der Waals surface area contributed by atoms with Crippen LogP contribution in [0.2, 0.25) is 0 Å². The quantitative estimate of drug-likeness (QED) is 0.858. The number of nitrogen functional groups attached to an aromatic ring is 1. The Hall–Kier alpha value is -2.01. The fraction of sp³-hybridized carbons (Fsp3) is 0.200. The van der Waals surface area contributed by atoms with Gasteiger partial charge in [0.15, 0.2) is 0 Å². The first-order valence-corrected chi connectivity index (χ1v) is 7.25. The molecule has 2 rings (SSSR count). The lowest BCUT2D eigenvalue weighted by Gasteiger charge is -2.17. The smallest absolute Gasteiger partial charge is 0.232 e. The van der Waals surface area contributed by atoms with Crippen LogP contribution in [0.5, 0.6) is 0 Å². The monoisotopic (exact) mass is 287 g/mol. The van der Waals surface area contributed by atoms with Crippen molar-refractivity contribution < 1.29 is 4.79 Å². The number of hydrogen-bond acceptors (Lipinski definition) is 4. The van der Waals surface area contributed by atoms with Gasteiger partial charge >= 0.3 is 0 Å². The lowest BCUT2D eigenvalue weighted by Crippen LogP contribution is -2.27. The van der Waals surface area contributed by atoms with Crippen LogP contribution in [0.1, 0.15) is 5.56 Å². The Morgan fingerprint density at radius 2 is 2.05 bits per heavy atom. The average molecular weight is 287 g/mol. The number of carbonyl (C=O) groups excluding carboxylic acids is 1. The highest BCUT2D eigenvalue weighted by molar-refractivity contribution is 8.00. The number of anilines is 1. The van der Waals surface area contributed by atoms with Crippen molar-refractivity contribution >= 4 is 23.4 Å². The highest BCUT2D eigenvalue weighted by Gasteiger charge is 2.10. The number of thioether (sulfide) groups is 1. The number of aromatic nitrogens is 1. The number of pyridine rings is 1. The topological polar surface area (TPSA) is 59.2 Å². The molecule has 2 aromatic rings. The van der Waals surface area contributed by atoms with Crippen molar-refractivity contribution in [3.63, 3.8) is 0 Å². The minimum Gasteiger partial charge on any atom is -0.397 e. The molecule has 4 nitrogen and oxygen atoms in total. The molecule has 0 unspecified atom stereocenters. The van der Waals surface area contributed by atoms with Crippen LogP contribution in [0, 0.1) is 0 Å². The van der Waals surface area contributed by atoms with E-state index in [1.807, 2.05) is 43.4 Å². The van der Waals surface area contributed by atoms with E-state index in [9.17, 15) is 4.79 Å². The maximum absolute atomic E-state index is 12.1. The minimum absolute atomic E-state index is 0.0788. The van der Waals surface area contributed by atoms with Crippen molar-refractivity contribution in [2.45, 2.75) is 11.4 Å². The Bertz CT molecular complexity index is 574. The standard InChI is InChI=1S/C15H17N3OS/c1-18(10-12-5-3-2-4-6-12)15(19)11-20-14-7-8-17-9-13(14)16/h2-9H,10-11,16H2,1H3. The van der Waals surface area contributed by atoms with Crippen LogP contribution in [-0.4, -0.2) is 28.6 Å². The molecule has 0 fully saturated rings. The molecule has 1 aromatic carbocycles. The van der Waals surface area contributed by atoms with Gasteiger partial charge in [-0.1, -0.05) is 30.3 Å². The summed E-state index contributed by atoms with van der Waals surface area (Å²) in [6.45, 7) is 0.617. The Labute approximate surface area is 123 Å². The highest BCUT2D eigenvalue weighted by atomic mass is 32.2. The normalized spacial score (nSPS) is 10.2. The van der Waals surface area contributed by atoms with Crippen LogP contribution in [0.3, 0.4) is 0 Å². The average Bonchev–Trinajstić information content (AvgIpc) is 2.47. The molecule has 0 bridgehead atoms. The van der Waals surface area contributed by atoms with Gasteiger partial charge < -0.3 is 10.6 Å². The summed E-state index contributed by atoms with van der Waals surface area (Å²) in [5, 5.41) is 0. The van der Waals surface area contributed by atoms with Crippen LogP contribution in [-0.2, 0) is 11.3 Å². The number of carbonyl (C=O) groups is 1. The fourth-order valence-corrected chi connectivity index (χ4v) is 2.60. The van der Waals surface area contributed by atoms with E-state index < -0.39 is 0 Å². The number of hydrogen-bond donors (Lipinski definition) is 1. The molecule has 0 aliphatic rings. The maximum Gasteiger partial charge on any atom is 0.232 e. The van der Waals surface area contributed by atoms with E-state index in [0.717, 1.165) is 10.5 Å². The van der Waals surface area contributed by atoms with E-state index in [4.69, 9.17) is 5.73 Å². The van der Waals surface area contributed by atoms with Gasteiger partial charge in [-0.05, 0) is 11.6 Å². The van der Waals surface area contributed by atoms with Crippen LogP contribution in [0.4, 0.5) is 5.69 Å². The first kappa shape index (κ1) is 14.4. The second-order valence-electron chi connectivity index (χ2n) is 4.44. The van der Waals surface area contributed by atoms with E-state index in [0.29, 0.717) is 18.0 Å². The molecule has 0 saturated heterocycles. The molecule has 1 heterocycles. The van der Waals surface area contributed by atoms with E-state index in [-0.39, 0.29) is 5.91 Å². The number of nitrogens with zero attached hydrogens (tertiary/aromatic N) is 2. The number of benzene rings is 1. The highest BCUT2D eigenvalue weighted by Crippen LogP contribution is 2.23. The summed E-state index contributed by atoms with van der Waals surface area (Å²) in [6.07, 6.45) is 3.28. The summed E-state index contributed by atoms with van der Waals surface area (Å²) >= 11 is 1.44. The first-order valence-electron chi connectivity index (χ1n) is 6.27. The molecule has 2 N–H and O–H groups in total. The largest absolute Gasteiger partial charge is 0.397 e. The SMILES string of the molecule is CN(Cc1ccccc1)C(=O)CSc1ccncc1N. The third kappa shape index (κ3) is 3.99. The fourth-order valence-electron chi connectivity index (χ4n) is 1.72. The zero-order valence-corrected chi connectivity index (χ0v) is 12.1. The molecule has 1 amide bonds. The zero-order valence-electron chi connectivity index (χ0n) is 11.3. The van der Waals surface area contributed by atoms with Crippen molar-refractivity contribution in [3.8, 4) is 0 Å². The van der Waals surface area contributed by atoms with Gasteiger partial charge in [-0.3, -0.25) is 9.78 Å². The Balaban J connectivity index is 1.87. The summed E-state index contributed by atoms with van der Waals surface area (Å²) in [4.78, 5) is 18.6. The third-order valence-electron chi connectivity index (χ3n) is 2.85. The van der Waals surface area contributed by atoms with Gasteiger partial charge in [-0.15, -0.1) is 11.8 Å². The molecule has 0 spiro atoms. The van der Waals surface area contributed by atoms with Crippen molar-refractivity contribution in [1.29, 1.82) is 0 Å². The summed E-state index contributed by atoms with van der Waals surface area (Å²) in [6, 6.07) is 11.8. The number of nitrogens with two attached hydrogens (primary N) is 1. The number of amides is 1. The van der Waals surface area contributed by atoms with Crippen molar-refractivity contribution in [1.82, 2.24) is 9.88 Å². The van der Waals surface area contributed by atoms with Gasteiger partial charge in [0, 0.05) is 24.7 Å². The molecule has 1 aromatic heterocycles. The van der Waals surface area contributed by atoms with Gasteiger partial charge in [-0.25, -0.2) is 0 Å².